The third kappa shape index (κ3) is 1.68. The van der Waals surface area contributed by atoms with E-state index in [-0.39, 0.29) is 5.41 Å². The van der Waals surface area contributed by atoms with Crippen LogP contribution in [0.4, 0.5) is 0 Å². The van der Waals surface area contributed by atoms with Crippen LogP contribution >= 0.6 is 0 Å². The van der Waals surface area contributed by atoms with Gasteiger partial charge in [-0.15, -0.1) is 0 Å². The van der Waals surface area contributed by atoms with E-state index in [4.69, 9.17) is 0 Å². The summed E-state index contributed by atoms with van der Waals surface area (Å²) in [5.41, 5.74) is 3.28. The minimum atomic E-state index is -1.49. The van der Waals surface area contributed by atoms with E-state index in [1.165, 1.54) is 11.1 Å². The van der Waals surface area contributed by atoms with E-state index >= 15 is 0 Å². The van der Waals surface area contributed by atoms with Gasteiger partial charge in [0.25, 0.3) is 0 Å². The zero-order valence-corrected chi connectivity index (χ0v) is 10.7. The molecule has 0 unspecified atom stereocenters. The molecule has 0 atom stereocenters. The number of rotatable bonds is 1. The molecule has 1 rings (SSSR count). The van der Waals surface area contributed by atoms with Crippen LogP contribution in [0.15, 0.2) is 21.2 Å². The van der Waals surface area contributed by atoms with Gasteiger partial charge in [-0.25, -0.2) is 0 Å². The van der Waals surface area contributed by atoms with E-state index in [1.54, 1.807) is 0 Å². The summed E-state index contributed by atoms with van der Waals surface area (Å²) in [6.07, 6.45) is 0. The summed E-state index contributed by atoms with van der Waals surface area (Å²) < 4.78 is 0.912. The molecule has 2 nitrogen and oxygen atoms in total. The van der Waals surface area contributed by atoms with Gasteiger partial charge in [-0.2, -0.15) is 0 Å². The Labute approximate surface area is 93.5 Å². The summed E-state index contributed by atoms with van der Waals surface area (Å²) in [5, 5.41) is 0. The standard InChI is InChI=1S/C10H15.2CO.Co/c1-7-6-10(4,5)9(3)8(7)2;2*1-2;/h1-5H3;;;. The van der Waals surface area contributed by atoms with Crippen LogP contribution in [0.1, 0.15) is 34.6 Å². The second kappa shape index (κ2) is 3.95. The Morgan fingerprint density at radius 2 is 1.47 bits per heavy atom. The molecule has 0 N–H and O–H groups in total. The summed E-state index contributed by atoms with van der Waals surface area (Å²) in [6, 6.07) is 0. The van der Waals surface area contributed by atoms with Gasteiger partial charge < -0.3 is 0 Å². The van der Waals surface area contributed by atoms with E-state index < -0.39 is 12.8 Å². The van der Waals surface area contributed by atoms with E-state index in [2.05, 4.69) is 6.92 Å². The van der Waals surface area contributed by atoms with Crippen molar-refractivity contribution in [2.75, 3.05) is 0 Å². The molecule has 0 aromatic rings. The topological polar surface area (TPSA) is 34.1 Å². The van der Waals surface area contributed by atoms with Crippen molar-refractivity contribution in [1.29, 1.82) is 0 Å². The van der Waals surface area contributed by atoms with Gasteiger partial charge >= 0.3 is 93.3 Å². The van der Waals surface area contributed by atoms with Gasteiger partial charge in [-0.3, -0.25) is 0 Å². The molecule has 0 spiro atoms. The maximum atomic E-state index is 10.8. The van der Waals surface area contributed by atoms with Crippen LogP contribution in [-0.4, -0.2) is 9.65 Å². The Morgan fingerprint density at radius 1 is 1.00 bits per heavy atom. The fourth-order valence-electron chi connectivity index (χ4n) is 1.95. The van der Waals surface area contributed by atoms with Crippen molar-refractivity contribution in [2.24, 2.45) is 5.41 Å². The van der Waals surface area contributed by atoms with Crippen LogP contribution in [0.25, 0.3) is 0 Å². The Morgan fingerprint density at radius 3 is 1.73 bits per heavy atom. The van der Waals surface area contributed by atoms with Crippen molar-refractivity contribution < 1.29 is 22.4 Å². The molecule has 0 aliphatic heterocycles. The molecule has 15 heavy (non-hydrogen) atoms. The number of allylic oxidation sites excluding steroid dienone is 4. The molecule has 0 bridgehead atoms. The number of carbonyl (C=O) groups excluding carboxylic acids is 2. The summed E-state index contributed by atoms with van der Waals surface area (Å²) in [5.74, 6) is 0. The van der Waals surface area contributed by atoms with Crippen LogP contribution in [0.5, 0.6) is 0 Å². The van der Waals surface area contributed by atoms with Crippen LogP contribution in [0.2, 0.25) is 0 Å². The maximum absolute atomic E-state index is 10.8. The fourth-order valence-corrected chi connectivity index (χ4v) is 3.63. The van der Waals surface area contributed by atoms with Crippen LogP contribution in [0.3, 0.4) is 0 Å². The predicted octanol–water partition coefficient (Wildman–Crippen LogP) is 2.39. The van der Waals surface area contributed by atoms with Crippen molar-refractivity contribution >= 4 is 9.65 Å². The van der Waals surface area contributed by atoms with Crippen molar-refractivity contribution in [3.8, 4) is 0 Å². The first-order chi connectivity index (χ1) is 6.87. The first-order valence-corrected chi connectivity index (χ1v) is 6.22. The molecule has 1 aliphatic rings. The van der Waals surface area contributed by atoms with Crippen molar-refractivity contribution in [2.45, 2.75) is 34.6 Å². The Kier molecular flexibility index (Phi) is 3.22. The van der Waals surface area contributed by atoms with E-state index in [0.717, 1.165) is 10.1 Å². The Bertz CT molecular complexity index is 486. The summed E-state index contributed by atoms with van der Waals surface area (Å²) in [7, 11) is 0. The SMILES string of the molecule is CC1=C(C)C(C)(C)[C]([Co](=[C]=O)=[C]=O)=C1C. The molecular formula is C12H15CoO2. The van der Waals surface area contributed by atoms with Crippen molar-refractivity contribution in [3.63, 3.8) is 0 Å². The van der Waals surface area contributed by atoms with Gasteiger partial charge in [0, 0.05) is 0 Å². The molecule has 0 fully saturated rings. The zero-order chi connectivity index (χ0) is 11.8. The normalized spacial score (nSPS) is 20.2. The average molecular weight is 250 g/mol. The second-order valence-electron chi connectivity index (χ2n) is 4.18. The molecule has 0 amide bonds. The molecule has 0 saturated carbocycles. The molecule has 0 radical (unpaired) electrons. The van der Waals surface area contributed by atoms with Crippen molar-refractivity contribution in [3.05, 3.63) is 21.2 Å². The Hall–Kier alpha value is -0.854. The van der Waals surface area contributed by atoms with E-state index in [1.807, 2.05) is 37.3 Å². The van der Waals surface area contributed by atoms with Crippen LogP contribution in [-0.2, 0) is 22.4 Å². The molecule has 0 heterocycles. The predicted molar refractivity (Wildman–Crippen MR) is 56.2 cm³/mol. The van der Waals surface area contributed by atoms with Gasteiger partial charge in [-0.05, 0) is 0 Å². The number of hydrogen-bond donors (Lipinski definition) is 0. The third-order valence-corrected chi connectivity index (χ3v) is 5.19. The third-order valence-electron chi connectivity index (χ3n) is 3.20. The van der Waals surface area contributed by atoms with Crippen LogP contribution < -0.4 is 0 Å². The summed E-state index contributed by atoms with van der Waals surface area (Å²) in [4.78, 5) is 25.2. The summed E-state index contributed by atoms with van der Waals surface area (Å²) >= 11 is -1.49. The summed E-state index contributed by atoms with van der Waals surface area (Å²) in [6.45, 7) is 10.1. The molecule has 84 valence electrons. The monoisotopic (exact) mass is 250 g/mol. The van der Waals surface area contributed by atoms with Gasteiger partial charge in [0.2, 0.25) is 0 Å². The first kappa shape index (κ1) is 12.2. The fraction of sp³-hybridized carbons (Fsp3) is 0.500. The minimum absolute atomic E-state index is 0.201. The van der Waals surface area contributed by atoms with Gasteiger partial charge in [0.1, 0.15) is 0 Å². The van der Waals surface area contributed by atoms with Gasteiger partial charge in [-0.1, -0.05) is 0 Å². The van der Waals surface area contributed by atoms with Gasteiger partial charge in [0.05, 0.1) is 0 Å². The molecular weight excluding hydrogens is 235 g/mol. The number of hydrogen-bond acceptors (Lipinski definition) is 2. The first-order valence-electron chi connectivity index (χ1n) is 4.66. The second-order valence-corrected chi connectivity index (χ2v) is 5.90. The van der Waals surface area contributed by atoms with E-state index in [9.17, 15) is 9.59 Å². The molecule has 3 heteroatoms. The molecule has 1 aliphatic carbocycles. The quantitative estimate of drug-likeness (QED) is 0.716. The van der Waals surface area contributed by atoms with Crippen LogP contribution in [0, 0.1) is 5.41 Å². The van der Waals surface area contributed by atoms with Gasteiger partial charge in [0.15, 0.2) is 0 Å². The average Bonchev–Trinajstić information content (AvgIpc) is 2.34. The molecule has 0 aromatic heterocycles. The molecule has 0 aromatic carbocycles. The van der Waals surface area contributed by atoms with Crippen molar-refractivity contribution in [1.82, 2.24) is 0 Å². The Balaban J connectivity index is 3.63. The van der Waals surface area contributed by atoms with E-state index in [0.29, 0.717) is 0 Å². The molecule has 0 saturated heterocycles. The zero-order valence-electron chi connectivity index (χ0n) is 9.65.